The first-order valence-corrected chi connectivity index (χ1v) is 14.4. The second-order valence-corrected chi connectivity index (χ2v) is 10.3. The van der Waals surface area contributed by atoms with Gasteiger partial charge >= 0.3 is 6.18 Å². The topological polar surface area (TPSA) is 58.4 Å². The largest absolute Gasteiger partial charge is 0.416 e. The average molecular weight is 708 g/mol. The van der Waals surface area contributed by atoms with Crippen LogP contribution in [0.25, 0.3) is 11.1 Å². The fraction of sp³-hybridized carbons (Fsp3) is 0.378. The van der Waals surface area contributed by atoms with Crippen LogP contribution in [0.2, 0.25) is 0 Å². The third-order valence-corrected chi connectivity index (χ3v) is 7.11. The van der Waals surface area contributed by atoms with E-state index in [4.69, 9.17) is 31.5 Å². The summed E-state index contributed by atoms with van der Waals surface area (Å²) >= 11 is -0.0585. The van der Waals surface area contributed by atoms with Crippen molar-refractivity contribution < 1.29 is 59.4 Å². The summed E-state index contributed by atoms with van der Waals surface area (Å²) in [5.74, 6) is -5.28. The summed E-state index contributed by atoms with van der Waals surface area (Å²) in [6.07, 6.45) is -17.0. The van der Waals surface area contributed by atoms with E-state index in [1.54, 1.807) is 0 Å². The molecule has 1 aromatic heterocycles. The van der Waals surface area contributed by atoms with Gasteiger partial charge in [-0.15, -0.1) is 0 Å². The highest BCUT2D eigenvalue weighted by Crippen LogP contribution is 2.34. The molecule has 5 rings (SSSR count). The van der Waals surface area contributed by atoms with Gasteiger partial charge in [0.15, 0.2) is 5.16 Å². The number of carbonyl (C=O) groups is 1. The van der Waals surface area contributed by atoms with Crippen LogP contribution in [0, 0.1) is 12.7 Å². The van der Waals surface area contributed by atoms with E-state index >= 15 is 4.79 Å². The zero-order chi connectivity index (χ0) is 58.3. The summed E-state index contributed by atoms with van der Waals surface area (Å²) in [7, 11) is 0. The zero-order valence-corrected chi connectivity index (χ0v) is 25.8. The fourth-order valence-electron chi connectivity index (χ4n) is 3.88. The lowest BCUT2D eigenvalue weighted by Crippen LogP contribution is -2.40. The first-order valence-electron chi connectivity index (χ1n) is 26.9. The third kappa shape index (κ3) is 8.54. The van der Waals surface area contributed by atoms with Crippen molar-refractivity contribution in [3.8, 4) is 11.1 Å². The van der Waals surface area contributed by atoms with Crippen LogP contribution in [-0.2, 0) is 42.5 Å². The second kappa shape index (κ2) is 15.5. The van der Waals surface area contributed by atoms with Gasteiger partial charge in [0.25, 0.3) is 5.56 Å². The van der Waals surface area contributed by atoms with Crippen molar-refractivity contribution in [3.63, 3.8) is 0 Å². The van der Waals surface area contributed by atoms with Crippen molar-refractivity contribution in [1.82, 2.24) is 19.4 Å². The highest BCUT2D eigenvalue weighted by molar-refractivity contribution is 7.98. The first kappa shape index (κ1) is 14.5. The maximum Gasteiger partial charge on any atom is 0.416 e. The number of fused-ring (bicyclic) bond motifs is 1. The van der Waals surface area contributed by atoms with Gasteiger partial charge in [-0.1, -0.05) is 73.9 Å². The predicted octanol–water partition coefficient (Wildman–Crippen LogP) is 7.53. The molecule has 0 aliphatic heterocycles. The van der Waals surface area contributed by atoms with E-state index in [0.29, 0.717) is 20.8 Å². The molecule has 3 aromatic carbocycles. The highest BCUT2D eigenvalue weighted by Gasteiger charge is 2.32. The van der Waals surface area contributed by atoms with Crippen LogP contribution in [0.15, 0.2) is 76.4 Å². The van der Waals surface area contributed by atoms with E-state index < -0.39 is 213 Å². The molecule has 254 valence electrons. The molecule has 0 N–H and O–H groups in total. The van der Waals surface area contributed by atoms with Gasteiger partial charge in [0, 0.05) is 53.0 Å². The number of hydrogen-bond donors (Lipinski definition) is 0. The maximum atomic E-state index is 15.4. The SMILES string of the molecule is [2H]c1c([2H])c(CSc2nc(=O)c3c(n2C([2H])([2H])C(=O)N(Cc2c([2H])c([2H])c(-c4c([2H])c([2H])c(C(F)(F)F)c(C)c4[2H])c([2H])c2[2H])C([2H])([2H])C([2H])([2H])N(C([2H])([2H])C)C([2H])([2H])C)C([2H])([2H])C([2H])([2H])C3([2H])[2H])c([2H])c([2H])c1F. The van der Waals surface area contributed by atoms with Crippen LogP contribution < -0.4 is 5.56 Å². The highest BCUT2D eigenvalue weighted by atomic mass is 32.2. The van der Waals surface area contributed by atoms with Crippen molar-refractivity contribution in [3.05, 3.63) is 116 Å². The van der Waals surface area contributed by atoms with Crippen molar-refractivity contribution in [1.29, 1.82) is 0 Å². The lowest BCUT2D eigenvalue weighted by molar-refractivity contribution is -0.138. The Balaban J connectivity index is 1.92. The molecular weight excluding hydrogens is 640 g/mol. The summed E-state index contributed by atoms with van der Waals surface area (Å²) in [4.78, 5) is 31.6. The zero-order valence-electron chi connectivity index (χ0n) is 51.9. The number of nitrogens with zero attached hydrogens (tertiary/aromatic N) is 4. The second-order valence-electron chi connectivity index (χ2n) is 9.33. The Kier molecular flexibility index (Phi) is 4.68. The summed E-state index contributed by atoms with van der Waals surface area (Å²) in [6.45, 7) is -20.2. The molecular formula is C37H40F4N4O2S. The monoisotopic (exact) mass is 707 g/mol. The standard InChI is InChI=1S/C37H40F4N4O2S/c1-4-43(5-2)19-20-44(22-26-9-13-28(14-10-26)29-15-18-32(25(3)21-29)37(39,40)41)34(46)23-45-33-8-6-7-31(33)35(47)42-36(45)48-24-27-11-16-30(38)17-12-27/h9-18,21H,4-8,19-20,22-24H2,1-3H3/i4D2,5D2,6D2,7D2,8D2,9D,10D,11D,12D,13D,14D,15D,16D,17D,18D,19D2,20D2,21D,23D2. The summed E-state index contributed by atoms with van der Waals surface area (Å²) in [5, 5.41) is -1.33. The predicted molar refractivity (Wildman–Crippen MR) is 181 cm³/mol. The van der Waals surface area contributed by atoms with Gasteiger partial charge in [-0.25, -0.2) is 4.39 Å². The van der Waals surface area contributed by atoms with Crippen molar-refractivity contribution in [2.24, 2.45) is 0 Å². The molecule has 48 heavy (non-hydrogen) atoms. The molecule has 0 bridgehead atoms. The van der Waals surface area contributed by atoms with Gasteiger partial charge in [-0.05, 0) is 85.0 Å². The van der Waals surface area contributed by atoms with Gasteiger partial charge < -0.3 is 14.4 Å². The van der Waals surface area contributed by atoms with E-state index in [-0.39, 0.29) is 16.3 Å². The van der Waals surface area contributed by atoms with Crippen LogP contribution in [0.1, 0.15) is 90.7 Å². The lowest BCUT2D eigenvalue weighted by atomic mass is 9.98. The Labute approximate surface area is 320 Å². The van der Waals surface area contributed by atoms with Crippen LogP contribution in [-0.4, -0.2) is 51.2 Å². The maximum absolute atomic E-state index is 15.4. The number of amides is 1. The van der Waals surface area contributed by atoms with Crippen LogP contribution in [0.5, 0.6) is 0 Å². The molecule has 0 saturated heterocycles. The Morgan fingerprint density at radius 3 is 2.33 bits per heavy atom. The minimum Gasteiger partial charge on any atom is -0.336 e. The Morgan fingerprint density at radius 2 is 1.67 bits per heavy atom. The molecule has 0 fully saturated rings. The molecule has 1 heterocycles. The van der Waals surface area contributed by atoms with Crippen molar-refractivity contribution in [2.45, 2.75) is 70.0 Å². The summed E-state index contributed by atoms with van der Waals surface area (Å²) in [5.41, 5.74) is -12.1. The molecule has 1 aliphatic carbocycles. The Morgan fingerprint density at radius 1 is 1.00 bits per heavy atom. The van der Waals surface area contributed by atoms with Gasteiger partial charge in [0.05, 0.1) is 26.1 Å². The number of rotatable bonds is 13. The molecule has 1 aliphatic rings. The summed E-state index contributed by atoms with van der Waals surface area (Å²) < 4.78 is 289. The van der Waals surface area contributed by atoms with Gasteiger partial charge in [0.1, 0.15) is 12.3 Å². The molecule has 6 nitrogen and oxygen atoms in total. The van der Waals surface area contributed by atoms with Gasteiger partial charge in [0.2, 0.25) is 5.91 Å². The minimum atomic E-state index is -5.32. The van der Waals surface area contributed by atoms with E-state index in [1.807, 2.05) is 0 Å². The molecule has 11 heteroatoms. The van der Waals surface area contributed by atoms with Crippen molar-refractivity contribution in [2.75, 3.05) is 26.0 Å². The van der Waals surface area contributed by atoms with Crippen LogP contribution >= 0.6 is 11.8 Å². The number of likely N-dealkylation sites (N-methyl/N-ethyl adjacent to an activating group) is 1. The molecule has 0 radical (unpaired) electrons. The molecule has 0 atom stereocenters. The van der Waals surface area contributed by atoms with Crippen LogP contribution in [0.4, 0.5) is 17.6 Å². The summed E-state index contributed by atoms with van der Waals surface area (Å²) in [6, 6.07) is -14.5. The normalized spacial score (nSPS) is 25.6. The number of aromatic nitrogens is 2. The number of carbonyl (C=O) groups excluding carboxylic acids is 1. The fourth-order valence-corrected chi connectivity index (χ4v) is 4.71. The average Bonchev–Trinajstić information content (AvgIpc) is 3.35. The number of thioether (sulfide) groups is 1. The number of alkyl halides is 3. The van der Waals surface area contributed by atoms with Crippen molar-refractivity contribution >= 4 is 17.7 Å². The van der Waals surface area contributed by atoms with E-state index in [1.165, 1.54) is 0 Å². The Bertz CT molecular complexity index is 3020. The van der Waals surface area contributed by atoms with Gasteiger partial charge in [-0.2, -0.15) is 18.2 Å². The van der Waals surface area contributed by atoms with Gasteiger partial charge in [-0.3, -0.25) is 9.59 Å². The molecule has 0 spiro atoms. The molecule has 0 saturated carbocycles. The van der Waals surface area contributed by atoms with E-state index in [2.05, 4.69) is 4.98 Å². The van der Waals surface area contributed by atoms with Crippen LogP contribution in [0.3, 0.4) is 0 Å². The lowest BCUT2D eigenvalue weighted by Gasteiger charge is -2.28. The molecule has 1 amide bonds. The van der Waals surface area contributed by atoms with E-state index in [0.717, 1.165) is 0 Å². The Hall–Kier alpha value is -3.96. The molecule has 4 aromatic rings. The third-order valence-electron chi connectivity index (χ3n) is 6.15. The van der Waals surface area contributed by atoms with E-state index in [9.17, 15) is 27.8 Å². The molecule has 0 unspecified atom stereocenters. The number of hydrogen-bond acceptors (Lipinski definition) is 5. The smallest absolute Gasteiger partial charge is 0.336 e. The first-order chi connectivity index (χ1) is 33.5. The minimum absolute atomic E-state index is 0.0585. The number of benzene rings is 3. The quantitative estimate of drug-likeness (QED) is 0.0818. The number of halogens is 4.